The molecule has 1 heterocycles. The van der Waals surface area contributed by atoms with Crippen molar-refractivity contribution in [2.24, 2.45) is 7.05 Å². The third kappa shape index (κ3) is 1.19. The maximum atomic E-state index is 11.7. The molecule has 0 aliphatic rings. The van der Waals surface area contributed by atoms with Crippen molar-refractivity contribution in [1.29, 1.82) is 0 Å². The Bertz CT molecular complexity index is 632. The molecule has 0 aliphatic carbocycles. The molecule has 3 heteroatoms. The Morgan fingerprint density at radius 1 is 1.40 bits per heavy atom. The van der Waals surface area contributed by atoms with E-state index in [0.29, 0.717) is 5.56 Å². The number of aryl methyl sites for hydroxylation is 1. The Balaban J connectivity index is 3.14. The average Bonchev–Trinajstić information content (AvgIpc) is 2.27. The molecule has 15 heavy (non-hydrogen) atoms. The van der Waals surface area contributed by atoms with E-state index in [4.69, 9.17) is 12.2 Å². The first-order valence-electron chi connectivity index (χ1n) is 4.50. The van der Waals surface area contributed by atoms with Crippen LogP contribution in [0.1, 0.15) is 5.56 Å². The molecule has 0 amide bonds. The number of nitrogens with two attached hydrogens (primary N) is 1. The number of anilines is 1. The number of hydrogen-bond donors (Lipinski definition) is 1. The van der Waals surface area contributed by atoms with Gasteiger partial charge in [-0.15, -0.1) is 6.42 Å². The number of nitrogen functional groups attached to an aromatic ring is 1. The van der Waals surface area contributed by atoms with Gasteiger partial charge in [0, 0.05) is 12.4 Å². The van der Waals surface area contributed by atoms with Crippen molar-refractivity contribution < 1.29 is 0 Å². The van der Waals surface area contributed by atoms with Gasteiger partial charge >= 0.3 is 0 Å². The fraction of sp³-hybridized carbons (Fsp3) is 0.0833. The molecule has 74 valence electrons. The molecule has 2 N–H and O–H groups in total. The predicted octanol–water partition coefficient (Wildman–Crippen LogP) is 1.10. The number of nitrogens with zero attached hydrogens (tertiary/aromatic N) is 1. The molecule has 1 aromatic carbocycles. The summed E-state index contributed by atoms with van der Waals surface area (Å²) in [5.74, 6) is 2.47. The molecule has 0 atom stereocenters. The molecule has 2 aromatic rings. The Morgan fingerprint density at radius 3 is 2.73 bits per heavy atom. The molecule has 0 fully saturated rings. The maximum absolute atomic E-state index is 11.7. The summed E-state index contributed by atoms with van der Waals surface area (Å²) in [7, 11) is 1.68. The fourth-order valence-corrected chi connectivity index (χ4v) is 1.68. The second-order valence-electron chi connectivity index (χ2n) is 3.31. The molecule has 2 rings (SSSR count). The van der Waals surface area contributed by atoms with Gasteiger partial charge in [0.05, 0.1) is 11.1 Å². The van der Waals surface area contributed by atoms with Crippen LogP contribution in [-0.2, 0) is 7.05 Å². The zero-order chi connectivity index (χ0) is 11.0. The van der Waals surface area contributed by atoms with Gasteiger partial charge < -0.3 is 10.3 Å². The van der Waals surface area contributed by atoms with E-state index in [1.165, 1.54) is 4.57 Å². The van der Waals surface area contributed by atoms with Crippen LogP contribution >= 0.6 is 0 Å². The third-order valence-electron chi connectivity index (χ3n) is 2.48. The highest BCUT2D eigenvalue weighted by Crippen LogP contribution is 2.19. The van der Waals surface area contributed by atoms with Gasteiger partial charge in [-0.2, -0.15) is 0 Å². The van der Waals surface area contributed by atoms with Crippen LogP contribution in [0.2, 0.25) is 0 Å². The summed E-state index contributed by atoms with van der Waals surface area (Å²) >= 11 is 0. The van der Waals surface area contributed by atoms with Crippen LogP contribution < -0.4 is 11.3 Å². The largest absolute Gasteiger partial charge is 0.393 e. The van der Waals surface area contributed by atoms with Crippen LogP contribution in [0.5, 0.6) is 0 Å². The molecule has 3 nitrogen and oxygen atoms in total. The minimum Gasteiger partial charge on any atom is -0.393 e. The van der Waals surface area contributed by atoms with Crippen molar-refractivity contribution in [1.82, 2.24) is 4.57 Å². The number of aromatic nitrogens is 1. The summed E-state index contributed by atoms with van der Waals surface area (Å²) in [6.07, 6.45) is 5.36. The molecule has 1 aromatic heterocycles. The predicted molar refractivity (Wildman–Crippen MR) is 61.5 cm³/mol. The van der Waals surface area contributed by atoms with Gasteiger partial charge in [0.15, 0.2) is 0 Å². The van der Waals surface area contributed by atoms with E-state index in [1.807, 2.05) is 24.3 Å². The van der Waals surface area contributed by atoms with E-state index < -0.39 is 0 Å². The average molecular weight is 198 g/mol. The molecule has 0 spiro atoms. The molecule has 0 bridgehead atoms. The molecular formula is C12H10N2O. The van der Waals surface area contributed by atoms with Gasteiger partial charge in [-0.3, -0.25) is 4.79 Å². The first-order chi connectivity index (χ1) is 7.16. The van der Waals surface area contributed by atoms with Crippen molar-refractivity contribution in [2.45, 2.75) is 0 Å². The van der Waals surface area contributed by atoms with Crippen molar-refractivity contribution in [3.05, 3.63) is 40.2 Å². The molecule has 0 saturated carbocycles. The van der Waals surface area contributed by atoms with E-state index >= 15 is 0 Å². The van der Waals surface area contributed by atoms with E-state index in [-0.39, 0.29) is 11.2 Å². The molecule has 0 unspecified atom stereocenters. The van der Waals surface area contributed by atoms with E-state index in [1.54, 1.807) is 7.05 Å². The van der Waals surface area contributed by atoms with E-state index in [2.05, 4.69) is 5.92 Å². The normalized spacial score (nSPS) is 10.1. The van der Waals surface area contributed by atoms with Gasteiger partial charge in [-0.25, -0.2) is 0 Å². The van der Waals surface area contributed by atoms with Crippen molar-refractivity contribution >= 4 is 16.6 Å². The van der Waals surface area contributed by atoms with Crippen LogP contribution in [-0.4, -0.2) is 4.57 Å². The Hall–Kier alpha value is -2.21. The summed E-state index contributed by atoms with van der Waals surface area (Å²) < 4.78 is 1.51. The molecule has 0 radical (unpaired) electrons. The summed E-state index contributed by atoms with van der Waals surface area (Å²) in [6, 6.07) is 7.43. The van der Waals surface area contributed by atoms with Crippen LogP contribution in [0.3, 0.4) is 0 Å². The number of hydrogen-bond acceptors (Lipinski definition) is 2. The number of terminal acetylenes is 1. The van der Waals surface area contributed by atoms with E-state index in [9.17, 15) is 4.79 Å². The summed E-state index contributed by atoms with van der Waals surface area (Å²) in [5, 5.41) is 0.833. The first kappa shape index (κ1) is 9.35. The van der Waals surface area contributed by atoms with Crippen molar-refractivity contribution in [3.63, 3.8) is 0 Å². The minimum atomic E-state index is -0.248. The lowest BCUT2D eigenvalue weighted by atomic mass is 10.1. The molecular weight excluding hydrogens is 188 g/mol. The van der Waals surface area contributed by atoms with Gasteiger partial charge in [-0.1, -0.05) is 24.1 Å². The van der Waals surface area contributed by atoms with E-state index in [0.717, 1.165) is 10.9 Å². The van der Waals surface area contributed by atoms with Gasteiger partial charge in [-0.05, 0) is 6.07 Å². The Kier molecular flexibility index (Phi) is 1.98. The summed E-state index contributed by atoms with van der Waals surface area (Å²) in [6.45, 7) is 0. The smallest absolute Gasteiger partial charge is 0.275 e. The minimum absolute atomic E-state index is 0.138. The highest BCUT2D eigenvalue weighted by atomic mass is 16.1. The zero-order valence-corrected chi connectivity index (χ0v) is 8.32. The van der Waals surface area contributed by atoms with Crippen molar-refractivity contribution in [3.8, 4) is 12.3 Å². The second-order valence-corrected chi connectivity index (χ2v) is 3.31. The maximum Gasteiger partial charge on any atom is 0.275 e. The third-order valence-corrected chi connectivity index (χ3v) is 2.48. The Labute approximate surface area is 87.1 Å². The van der Waals surface area contributed by atoms with Gasteiger partial charge in [0.1, 0.15) is 5.69 Å². The standard InChI is InChI=1S/C12H10N2O/c1-3-8-9-6-4-5-7-10(9)14(2)12(15)11(8)13/h1,4-7H,13H2,2H3. The highest BCUT2D eigenvalue weighted by molar-refractivity contribution is 5.89. The zero-order valence-electron chi connectivity index (χ0n) is 8.32. The van der Waals surface area contributed by atoms with Crippen LogP contribution in [0.4, 0.5) is 5.69 Å². The van der Waals surface area contributed by atoms with Crippen LogP contribution in [0, 0.1) is 12.3 Å². The topological polar surface area (TPSA) is 48.0 Å². The lowest BCUT2D eigenvalue weighted by Crippen LogP contribution is -2.22. The van der Waals surface area contributed by atoms with Gasteiger partial charge in [0.25, 0.3) is 5.56 Å². The number of rotatable bonds is 0. The number of pyridine rings is 1. The molecule has 0 saturated heterocycles. The first-order valence-corrected chi connectivity index (χ1v) is 4.50. The lowest BCUT2D eigenvalue weighted by Gasteiger charge is -2.08. The Morgan fingerprint density at radius 2 is 2.07 bits per heavy atom. The summed E-state index contributed by atoms with van der Waals surface area (Å²) in [4.78, 5) is 11.7. The van der Waals surface area contributed by atoms with Crippen molar-refractivity contribution in [2.75, 3.05) is 5.73 Å². The highest BCUT2D eigenvalue weighted by Gasteiger charge is 2.09. The fourth-order valence-electron chi connectivity index (χ4n) is 1.68. The monoisotopic (exact) mass is 198 g/mol. The summed E-state index contributed by atoms with van der Waals surface area (Å²) in [5.41, 5.74) is 6.85. The number of fused-ring (bicyclic) bond motifs is 1. The van der Waals surface area contributed by atoms with Crippen LogP contribution in [0.15, 0.2) is 29.1 Å². The van der Waals surface area contributed by atoms with Crippen LogP contribution in [0.25, 0.3) is 10.9 Å². The SMILES string of the molecule is C#Cc1c(N)c(=O)n(C)c2ccccc12. The number of para-hydroxylation sites is 1. The molecule has 0 aliphatic heterocycles. The second kappa shape index (κ2) is 3.18. The quantitative estimate of drug-likeness (QED) is 0.644. The lowest BCUT2D eigenvalue weighted by molar-refractivity contribution is 0.909. The number of benzene rings is 1. The van der Waals surface area contributed by atoms with Gasteiger partial charge in [0.2, 0.25) is 0 Å².